The van der Waals surface area contributed by atoms with E-state index in [0.717, 1.165) is 25.6 Å². The molecule has 0 bridgehead atoms. The lowest BCUT2D eigenvalue weighted by molar-refractivity contribution is 0.123. The molecule has 1 heterocycles. The van der Waals surface area contributed by atoms with Gasteiger partial charge in [-0.2, -0.15) is 0 Å². The van der Waals surface area contributed by atoms with Gasteiger partial charge in [0.2, 0.25) is 0 Å². The topological polar surface area (TPSA) is 35.5 Å². The van der Waals surface area contributed by atoms with E-state index < -0.39 is 0 Å². The summed E-state index contributed by atoms with van der Waals surface area (Å²) in [5.41, 5.74) is 0. The molecule has 0 spiro atoms. The van der Waals surface area contributed by atoms with Crippen molar-refractivity contribution in [2.45, 2.75) is 31.3 Å². The maximum absolute atomic E-state index is 8.88. The van der Waals surface area contributed by atoms with Gasteiger partial charge in [-0.05, 0) is 19.3 Å². The third kappa shape index (κ3) is 1.79. The van der Waals surface area contributed by atoms with Crippen LogP contribution in [0.3, 0.4) is 0 Å². The molecule has 0 aromatic heterocycles. The number of hydrogen-bond donors (Lipinski definition) is 2. The van der Waals surface area contributed by atoms with Gasteiger partial charge in [0.15, 0.2) is 0 Å². The van der Waals surface area contributed by atoms with E-state index in [9.17, 15) is 0 Å². The quantitative estimate of drug-likeness (QED) is 0.616. The Morgan fingerprint density at radius 3 is 2.92 bits per heavy atom. The Kier molecular flexibility index (Phi) is 2.63. The molecule has 0 aromatic rings. The summed E-state index contributed by atoms with van der Waals surface area (Å²) >= 11 is 0. The van der Waals surface area contributed by atoms with E-state index in [1.807, 2.05) is 0 Å². The molecule has 1 unspecified atom stereocenters. The normalized spacial score (nSPS) is 32.2. The van der Waals surface area contributed by atoms with E-state index in [-0.39, 0.29) is 0 Å². The fourth-order valence-electron chi connectivity index (χ4n) is 2.08. The number of piperazine rings is 1. The lowest BCUT2D eigenvalue weighted by atomic mass is 10.1. The molecule has 1 aliphatic heterocycles. The van der Waals surface area contributed by atoms with Crippen LogP contribution in [0.2, 0.25) is 0 Å². The first-order valence-corrected chi connectivity index (χ1v) is 4.99. The third-order valence-electron chi connectivity index (χ3n) is 2.87. The minimum atomic E-state index is 0.329. The minimum Gasteiger partial charge on any atom is -0.396 e. The van der Waals surface area contributed by atoms with Crippen molar-refractivity contribution in [3.8, 4) is 0 Å². The lowest BCUT2D eigenvalue weighted by Gasteiger charge is -2.36. The first-order valence-electron chi connectivity index (χ1n) is 4.99. The van der Waals surface area contributed by atoms with Gasteiger partial charge in [0.1, 0.15) is 0 Å². The molecule has 2 N–H and O–H groups in total. The number of rotatable bonds is 3. The van der Waals surface area contributed by atoms with Crippen LogP contribution in [0.4, 0.5) is 0 Å². The van der Waals surface area contributed by atoms with Crippen LogP contribution in [0.5, 0.6) is 0 Å². The fraction of sp³-hybridized carbons (Fsp3) is 1.00. The van der Waals surface area contributed by atoms with Gasteiger partial charge < -0.3 is 10.4 Å². The second-order valence-corrected chi connectivity index (χ2v) is 3.84. The minimum absolute atomic E-state index is 0.329. The first-order chi connectivity index (χ1) is 5.92. The number of nitrogens with one attached hydrogen (secondary N) is 1. The zero-order chi connectivity index (χ0) is 8.39. The second-order valence-electron chi connectivity index (χ2n) is 3.84. The molecule has 1 saturated carbocycles. The Hall–Kier alpha value is -0.120. The Balaban J connectivity index is 1.87. The highest BCUT2D eigenvalue weighted by molar-refractivity contribution is 4.91. The Labute approximate surface area is 73.8 Å². The molecule has 2 aliphatic rings. The zero-order valence-corrected chi connectivity index (χ0v) is 7.50. The fourth-order valence-corrected chi connectivity index (χ4v) is 2.08. The molecular weight excluding hydrogens is 152 g/mol. The van der Waals surface area contributed by atoms with Crippen LogP contribution >= 0.6 is 0 Å². The summed E-state index contributed by atoms with van der Waals surface area (Å²) in [6.45, 7) is 3.69. The Morgan fingerprint density at radius 2 is 2.25 bits per heavy atom. The van der Waals surface area contributed by atoms with E-state index in [0.29, 0.717) is 12.6 Å². The molecule has 2 rings (SSSR count). The monoisotopic (exact) mass is 170 g/mol. The van der Waals surface area contributed by atoms with Gasteiger partial charge >= 0.3 is 0 Å². The van der Waals surface area contributed by atoms with E-state index in [1.165, 1.54) is 19.4 Å². The van der Waals surface area contributed by atoms with Crippen molar-refractivity contribution in [2.24, 2.45) is 0 Å². The molecule has 70 valence electrons. The van der Waals surface area contributed by atoms with Gasteiger partial charge in [0, 0.05) is 38.3 Å². The molecule has 0 aromatic carbocycles. The maximum Gasteiger partial charge on any atom is 0.0446 e. The number of nitrogens with zero attached hydrogens (tertiary/aromatic N) is 1. The van der Waals surface area contributed by atoms with Crippen LogP contribution < -0.4 is 5.32 Å². The van der Waals surface area contributed by atoms with E-state index in [1.54, 1.807) is 0 Å². The number of aliphatic hydroxyl groups excluding tert-OH is 1. The second kappa shape index (κ2) is 3.73. The third-order valence-corrected chi connectivity index (χ3v) is 2.87. The van der Waals surface area contributed by atoms with E-state index in [4.69, 9.17) is 5.11 Å². The highest BCUT2D eigenvalue weighted by atomic mass is 16.3. The molecule has 2 fully saturated rings. The van der Waals surface area contributed by atoms with Crippen molar-refractivity contribution in [3.05, 3.63) is 0 Å². The predicted molar refractivity (Wildman–Crippen MR) is 48.1 cm³/mol. The molecule has 1 atom stereocenters. The summed E-state index contributed by atoms with van der Waals surface area (Å²) in [4.78, 5) is 2.58. The summed E-state index contributed by atoms with van der Waals surface area (Å²) < 4.78 is 0. The molecule has 0 radical (unpaired) electrons. The van der Waals surface area contributed by atoms with Gasteiger partial charge in [0.25, 0.3) is 0 Å². The first kappa shape index (κ1) is 8.48. The van der Waals surface area contributed by atoms with Gasteiger partial charge in [-0.3, -0.25) is 4.90 Å². The maximum atomic E-state index is 8.88. The summed E-state index contributed by atoms with van der Waals surface area (Å²) in [6.07, 6.45) is 3.69. The Bertz CT molecular complexity index is 145. The summed E-state index contributed by atoms with van der Waals surface area (Å²) in [7, 11) is 0. The molecule has 3 heteroatoms. The van der Waals surface area contributed by atoms with E-state index in [2.05, 4.69) is 10.2 Å². The predicted octanol–water partition coefficient (Wildman–Crippen LogP) is -0.195. The summed E-state index contributed by atoms with van der Waals surface area (Å²) in [5, 5.41) is 12.3. The lowest BCUT2D eigenvalue weighted by Crippen LogP contribution is -2.52. The SMILES string of the molecule is OCCC1CNCCN1C1CC1. The standard InChI is InChI=1S/C9H18N2O/c12-6-3-9-7-10-4-5-11(9)8-1-2-8/h8-10,12H,1-7H2. The van der Waals surface area contributed by atoms with Crippen molar-refractivity contribution < 1.29 is 5.11 Å². The molecule has 1 aliphatic carbocycles. The van der Waals surface area contributed by atoms with Gasteiger partial charge in [-0.1, -0.05) is 0 Å². The van der Waals surface area contributed by atoms with Gasteiger partial charge in [0.05, 0.1) is 0 Å². The highest BCUT2D eigenvalue weighted by Gasteiger charge is 2.34. The van der Waals surface area contributed by atoms with Gasteiger partial charge in [-0.15, -0.1) is 0 Å². The summed E-state index contributed by atoms with van der Waals surface area (Å²) in [5.74, 6) is 0. The largest absolute Gasteiger partial charge is 0.396 e. The van der Waals surface area contributed by atoms with Crippen molar-refractivity contribution in [1.29, 1.82) is 0 Å². The molecule has 0 amide bonds. The Morgan fingerprint density at radius 1 is 1.42 bits per heavy atom. The van der Waals surface area contributed by atoms with E-state index >= 15 is 0 Å². The molecule has 3 nitrogen and oxygen atoms in total. The van der Waals surface area contributed by atoms with Crippen molar-refractivity contribution in [1.82, 2.24) is 10.2 Å². The average molecular weight is 170 g/mol. The van der Waals surface area contributed by atoms with Crippen LogP contribution in [0, 0.1) is 0 Å². The van der Waals surface area contributed by atoms with Crippen LogP contribution in [0.25, 0.3) is 0 Å². The number of aliphatic hydroxyl groups is 1. The molecule has 12 heavy (non-hydrogen) atoms. The van der Waals surface area contributed by atoms with Crippen LogP contribution in [-0.2, 0) is 0 Å². The zero-order valence-electron chi connectivity index (χ0n) is 7.50. The van der Waals surface area contributed by atoms with Crippen molar-refractivity contribution in [2.75, 3.05) is 26.2 Å². The smallest absolute Gasteiger partial charge is 0.0446 e. The number of hydrogen-bond acceptors (Lipinski definition) is 3. The van der Waals surface area contributed by atoms with Crippen molar-refractivity contribution in [3.63, 3.8) is 0 Å². The molecular formula is C9H18N2O. The van der Waals surface area contributed by atoms with Crippen molar-refractivity contribution >= 4 is 0 Å². The average Bonchev–Trinajstić information content (AvgIpc) is 2.89. The van der Waals surface area contributed by atoms with Crippen LogP contribution in [0.1, 0.15) is 19.3 Å². The molecule has 1 saturated heterocycles. The van der Waals surface area contributed by atoms with Gasteiger partial charge in [-0.25, -0.2) is 0 Å². The van der Waals surface area contributed by atoms with Crippen LogP contribution in [-0.4, -0.2) is 48.3 Å². The van der Waals surface area contributed by atoms with Crippen LogP contribution in [0.15, 0.2) is 0 Å². The highest BCUT2D eigenvalue weighted by Crippen LogP contribution is 2.29. The summed E-state index contributed by atoms with van der Waals surface area (Å²) in [6, 6.07) is 1.44.